The first kappa shape index (κ1) is 19.1. The number of anilines is 1. The Labute approximate surface area is 173 Å². The van der Waals surface area contributed by atoms with Gasteiger partial charge in [0, 0.05) is 49.7 Å². The van der Waals surface area contributed by atoms with E-state index in [0.29, 0.717) is 59.5 Å². The molecule has 8 heteroatoms. The normalized spacial score (nSPS) is 14.0. The van der Waals surface area contributed by atoms with Gasteiger partial charge in [0.2, 0.25) is 0 Å². The van der Waals surface area contributed by atoms with Crippen LogP contribution >= 0.6 is 11.6 Å². The first-order valence-corrected chi connectivity index (χ1v) is 9.57. The Kier molecular flexibility index (Phi) is 5.28. The Morgan fingerprint density at radius 1 is 1.07 bits per heavy atom. The zero-order valence-electron chi connectivity index (χ0n) is 15.8. The Morgan fingerprint density at radius 2 is 1.86 bits per heavy atom. The van der Waals surface area contributed by atoms with Crippen molar-refractivity contribution in [3.8, 4) is 28.7 Å². The molecule has 0 atom stereocenters. The minimum Gasteiger partial charge on any atom is -0.352 e. The van der Waals surface area contributed by atoms with E-state index in [0.717, 1.165) is 5.56 Å². The van der Waals surface area contributed by atoms with E-state index >= 15 is 0 Å². The molecular formula is C21H18ClFN6. The van der Waals surface area contributed by atoms with Crippen molar-refractivity contribution in [2.24, 2.45) is 0 Å². The molecule has 0 unspecified atom stereocenters. The van der Waals surface area contributed by atoms with E-state index in [1.165, 1.54) is 12.3 Å². The second-order valence-corrected chi connectivity index (χ2v) is 7.25. The molecule has 1 aliphatic rings. The van der Waals surface area contributed by atoms with Crippen LogP contribution in [0.2, 0.25) is 5.02 Å². The number of nitrogens with zero attached hydrogens (tertiary/aromatic N) is 6. The largest absolute Gasteiger partial charge is 0.352 e. The van der Waals surface area contributed by atoms with Gasteiger partial charge in [-0.2, -0.15) is 5.26 Å². The number of hydrogen-bond acceptors (Lipinski definition) is 6. The second-order valence-electron chi connectivity index (χ2n) is 6.84. The summed E-state index contributed by atoms with van der Waals surface area (Å²) in [5, 5.41) is 9.47. The van der Waals surface area contributed by atoms with E-state index in [-0.39, 0.29) is 5.82 Å². The van der Waals surface area contributed by atoms with Crippen LogP contribution in [0.4, 0.5) is 10.2 Å². The molecule has 0 N–H and O–H groups in total. The standard InChI is InChI=1S/C21H18ClFN6/c1-14-2-3-16(18(23)10-14)20-21(15-4-5-25-11-17(15)22)27-19(12-26-20)29-8-6-28(13-24)7-9-29/h2-5,10-12H,6-9H2,1H3. The quantitative estimate of drug-likeness (QED) is 0.612. The van der Waals surface area contributed by atoms with E-state index in [1.54, 1.807) is 29.4 Å². The number of benzene rings is 1. The number of rotatable bonds is 3. The Balaban J connectivity index is 1.82. The smallest absolute Gasteiger partial charge is 0.179 e. The second kappa shape index (κ2) is 8.02. The van der Waals surface area contributed by atoms with Crippen molar-refractivity contribution in [3.05, 3.63) is 59.3 Å². The molecule has 29 heavy (non-hydrogen) atoms. The Bertz CT molecular complexity index is 1090. The molecule has 1 aromatic carbocycles. The number of aromatic nitrogens is 3. The predicted molar refractivity (Wildman–Crippen MR) is 110 cm³/mol. The van der Waals surface area contributed by atoms with Crippen molar-refractivity contribution in [1.82, 2.24) is 19.9 Å². The first-order valence-electron chi connectivity index (χ1n) is 9.20. The number of halogens is 2. The molecule has 6 nitrogen and oxygen atoms in total. The van der Waals surface area contributed by atoms with Gasteiger partial charge in [0.15, 0.2) is 6.19 Å². The van der Waals surface area contributed by atoms with Crippen LogP contribution in [0.3, 0.4) is 0 Å². The zero-order chi connectivity index (χ0) is 20.4. The maximum atomic E-state index is 14.7. The SMILES string of the molecule is Cc1ccc(-c2ncc(N3CCN(C#N)CC3)nc2-c2ccncc2Cl)c(F)c1. The van der Waals surface area contributed by atoms with Crippen molar-refractivity contribution in [1.29, 1.82) is 5.26 Å². The highest BCUT2D eigenvalue weighted by atomic mass is 35.5. The summed E-state index contributed by atoms with van der Waals surface area (Å²) >= 11 is 6.38. The summed E-state index contributed by atoms with van der Waals surface area (Å²) in [5.74, 6) is 0.308. The molecule has 0 aliphatic carbocycles. The molecule has 146 valence electrons. The minimum absolute atomic E-state index is 0.360. The average molecular weight is 409 g/mol. The van der Waals surface area contributed by atoms with E-state index in [2.05, 4.69) is 21.1 Å². The maximum Gasteiger partial charge on any atom is 0.179 e. The molecule has 3 aromatic rings. The van der Waals surface area contributed by atoms with Crippen LogP contribution in [0.25, 0.3) is 22.5 Å². The number of aryl methyl sites for hydroxylation is 1. The lowest BCUT2D eigenvalue weighted by atomic mass is 10.0. The average Bonchev–Trinajstić information content (AvgIpc) is 2.74. The molecule has 0 bridgehead atoms. The first-order chi connectivity index (χ1) is 14.1. The molecule has 4 rings (SSSR count). The lowest BCUT2D eigenvalue weighted by Crippen LogP contribution is -2.44. The molecule has 0 saturated carbocycles. The predicted octanol–water partition coefficient (Wildman–Crippen LogP) is 3.91. The molecule has 3 heterocycles. The van der Waals surface area contributed by atoms with Crippen LogP contribution in [-0.2, 0) is 0 Å². The molecule has 1 fully saturated rings. The van der Waals surface area contributed by atoms with Crippen LogP contribution in [0.15, 0.2) is 42.9 Å². The summed E-state index contributed by atoms with van der Waals surface area (Å²) in [7, 11) is 0. The summed E-state index contributed by atoms with van der Waals surface area (Å²) in [6.07, 6.45) is 6.97. The lowest BCUT2D eigenvalue weighted by Gasteiger charge is -2.32. The fourth-order valence-electron chi connectivity index (χ4n) is 3.33. The number of nitriles is 1. The van der Waals surface area contributed by atoms with Gasteiger partial charge in [0.25, 0.3) is 0 Å². The molecular weight excluding hydrogens is 391 g/mol. The van der Waals surface area contributed by atoms with Crippen LogP contribution in [0, 0.1) is 24.2 Å². The van der Waals surface area contributed by atoms with Crippen molar-refractivity contribution >= 4 is 17.4 Å². The molecule has 0 radical (unpaired) electrons. The highest BCUT2D eigenvalue weighted by molar-refractivity contribution is 6.33. The summed E-state index contributed by atoms with van der Waals surface area (Å²) in [6.45, 7) is 4.40. The van der Waals surface area contributed by atoms with Gasteiger partial charge >= 0.3 is 0 Å². The van der Waals surface area contributed by atoms with Gasteiger partial charge in [-0.25, -0.2) is 14.4 Å². The van der Waals surface area contributed by atoms with E-state index in [4.69, 9.17) is 21.8 Å². The fourth-order valence-corrected chi connectivity index (χ4v) is 3.54. The molecule has 0 amide bonds. The molecule has 1 saturated heterocycles. The summed E-state index contributed by atoms with van der Waals surface area (Å²) in [6, 6.07) is 6.77. The zero-order valence-corrected chi connectivity index (χ0v) is 16.6. The third-order valence-electron chi connectivity index (χ3n) is 4.91. The topological polar surface area (TPSA) is 68.9 Å². The highest BCUT2D eigenvalue weighted by Crippen LogP contribution is 2.35. The highest BCUT2D eigenvalue weighted by Gasteiger charge is 2.22. The third-order valence-corrected chi connectivity index (χ3v) is 5.21. The number of piperazine rings is 1. The maximum absolute atomic E-state index is 14.7. The van der Waals surface area contributed by atoms with E-state index < -0.39 is 0 Å². The van der Waals surface area contributed by atoms with E-state index in [1.807, 2.05) is 13.0 Å². The Morgan fingerprint density at radius 3 is 2.55 bits per heavy atom. The summed E-state index contributed by atoms with van der Waals surface area (Å²) in [5.41, 5.74) is 2.76. The third kappa shape index (κ3) is 3.84. The monoisotopic (exact) mass is 408 g/mol. The van der Waals surface area contributed by atoms with Crippen LogP contribution in [0.1, 0.15) is 5.56 Å². The van der Waals surface area contributed by atoms with Crippen molar-refractivity contribution in [2.75, 3.05) is 31.1 Å². The molecule has 2 aromatic heterocycles. The molecule has 0 spiro atoms. The van der Waals surface area contributed by atoms with Crippen molar-refractivity contribution in [3.63, 3.8) is 0 Å². The lowest BCUT2D eigenvalue weighted by molar-refractivity contribution is 0.362. The van der Waals surface area contributed by atoms with E-state index in [9.17, 15) is 4.39 Å². The van der Waals surface area contributed by atoms with Crippen LogP contribution in [-0.4, -0.2) is 46.0 Å². The summed E-state index contributed by atoms with van der Waals surface area (Å²) in [4.78, 5) is 17.2. The van der Waals surface area contributed by atoms with Crippen molar-refractivity contribution < 1.29 is 4.39 Å². The van der Waals surface area contributed by atoms with Gasteiger partial charge in [-0.15, -0.1) is 0 Å². The van der Waals surface area contributed by atoms with Gasteiger partial charge in [-0.05, 0) is 30.7 Å². The number of hydrogen-bond donors (Lipinski definition) is 0. The number of pyridine rings is 1. The van der Waals surface area contributed by atoms with Crippen LogP contribution in [0.5, 0.6) is 0 Å². The fraction of sp³-hybridized carbons (Fsp3) is 0.238. The Hall–Kier alpha value is -3.24. The summed E-state index contributed by atoms with van der Waals surface area (Å²) < 4.78 is 14.7. The van der Waals surface area contributed by atoms with Gasteiger partial charge in [0.1, 0.15) is 17.3 Å². The van der Waals surface area contributed by atoms with Crippen LogP contribution < -0.4 is 4.90 Å². The molecule has 1 aliphatic heterocycles. The minimum atomic E-state index is -0.360. The van der Waals surface area contributed by atoms with Gasteiger partial charge < -0.3 is 9.80 Å². The van der Waals surface area contributed by atoms with Gasteiger partial charge in [0.05, 0.1) is 16.9 Å². The van der Waals surface area contributed by atoms with Gasteiger partial charge in [-0.3, -0.25) is 4.98 Å². The van der Waals surface area contributed by atoms with Gasteiger partial charge in [-0.1, -0.05) is 17.7 Å². The van der Waals surface area contributed by atoms with Crippen molar-refractivity contribution in [2.45, 2.75) is 6.92 Å².